The van der Waals surface area contributed by atoms with Gasteiger partial charge in [0.15, 0.2) is 0 Å². The Morgan fingerprint density at radius 2 is 2.06 bits per heavy atom. The summed E-state index contributed by atoms with van der Waals surface area (Å²) in [4.78, 5) is 3.98. The standard InChI is InChI=1S/C13H21FN2O/c1-9(2)17-12-10(6-11(14)8-15-12)7-16-13(3,4)5/h6,8-9,16H,7H2,1-5H3. The summed E-state index contributed by atoms with van der Waals surface area (Å²) >= 11 is 0. The monoisotopic (exact) mass is 240 g/mol. The summed E-state index contributed by atoms with van der Waals surface area (Å²) in [5.41, 5.74) is 0.718. The van der Waals surface area contributed by atoms with E-state index in [-0.39, 0.29) is 17.5 Å². The van der Waals surface area contributed by atoms with Crippen LogP contribution in [0.2, 0.25) is 0 Å². The first-order valence-electron chi connectivity index (χ1n) is 5.84. The molecule has 1 aromatic rings. The van der Waals surface area contributed by atoms with Crippen molar-refractivity contribution in [2.24, 2.45) is 0 Å². The SMILES string of the molecule is CC(C)Oc1ncc(F)cc1CNC(C)(C)C. The Kier molecular flexibility index (Phi) is 4.46. The maximum atomic E-state index is 13.2. The molecule has 0 saturated carbocycles. The summed E-state index contributed by atoms with van der Waals surface area (Å²) in [6.45, 7) is 10.6. The Bertz CT molecular complexity index is 372. The van der Waals surface area contributed by atoms with E-state index < -0.39 is 0 Å². The Hall–Kier alpha value is -1.16. The van der Waals surface area contributed by atoms with E-state index in [1.807, 2.05) is 13.8 Å². The molecule has 1 rings (SSSR count). The lowest BCUT2D eigenvalue weighted by atomic mass is 10.1. The first-order valence-corrected chi connectivity index (χ1v) is 5.84. The van der Waals surface area contributed by atoms with E-state index in [4.69, 9.17) is 4.74 Å². The lowest BCUT2D eigenvalue weighted by Gasteiger charge is -2.21. The summed E-state index contributed by atoms with van der Waals surface area (Å²) in [6, 6.07) is 1.46. The number of nitrogens with zero attached hydrogens (tertiary/aromatic N) is 1. The molecule has 0 aliphatic heterocycles. The molecule has 0 fully saturated rings. The molecule has 0 aromatic carbocycles. The maximum absolute atomic E-state index is 13.2. The van der Waals surface area contributed by atoms with E-state index in [1.165, 1.54) is 12.3 Å². The van der Waals surface area contributed by atoms with Crippen molar-refractivity contribution in [2.45, 2.75) is 52.8 Å². The van der Waals surface area contributed by atoms with Gasteiger partial charge in [-0.2, -0.15) is 0 Å². The van der Waals surface area contributed by atoms with Crippen molar-refractivity contribution in [3.8, 4) is 5.88 Å². The zero-order valence-electron chi connectivity index (χ0n) is 11.2. The molecule has 0 amide bonds. The van der Waals surface area contributed by atoms with Gasteiger partial charge in [-0.3, -0.25) is 0 Å². The van der Waals surface area contributed by atoms with Crippen LogP contribution in [0.1, 0.15) is 40.2 Å². The fraction of sp³-hybridized carbons (Fsp3) is 0.615. The molecule has 0 unspecified atom stereocenters. The Morgan fingerprint density at radius 3 is 2.59 bits per heavy atom. The van der Waals surface area contributed by atoms with Gasteiger partial charge in [-0.05, 0) is 40.7 Å². The minimum atomic E-state index is -0.341. The van der Waals surface area contributed by atoms with Crippen molar-refractivity contribution in [1.82, 2.24) is 10.3 Å². The van der Waals surface area contributed by atoms with Gasteiger partial charge < -0.3 is 10.1 Å². The quantitative estimate of drug-likeness (QED) is 0.878. The number of nitrogens with one attached hydrogen (secondary N) is 1. The van der Waals surface area contributed by atoms with Crippen LogP contribution in [0.3, 0.4) is 0 Å². The van der Waals surface area contributed by atoms with E-state index >= 15 is 0 Å². The van der Waals surface area contributed by atoms with E-state index in [0.717, 1.165) is 5.56 Å². The Balaban J connectivity index is 2.83. The summed E-state index contributed by atoms with van der Waals surface area (Å²) in [7, 11) is 0. The minimum absolute atomic E-state index is 0.0264. The third-order valence-electron chi connectivity index (χ3n) is 2.05. The molecule has 0 atom stereocenters. The van der Waals surface area contributed by atoms with Crippen molar-refractivity contribution in [3.63, 3.8) is 0 Å². The number of hydrogen-bond donors (Lipinski definition) is 1. The van der Waals surface area contributed by atoms with Gasteiger partial charge in [-0.1, -0.05) is 0 Å². The van der Waals surface area contributed by atoms with Gasteiger partial charge >= 0.3 is 0 Å². The molecule has 0 aliphatic rings. The number of hydrogen-bond acceptors (Lipinski definition) is 3. The van der Waals surface area contributed by atoms with E-state index in [0.29, 0.717) is 12.4 Å². The molecule has 1 heterocycles. The topological polar surface area (TPSA) is 34.1 Å². The highest BCUT2D eigenvalue weighted by atomic mass is 19.1. The molecule has 4 heteroatoms. The van der Waals surface area contributed by atoms with E-state index in [2.05, 4.69) is 31.1 Å². The van der Waals surface area contributed by atoms with Crippen LogP contribution in [0.25, 0.3) is 0 Å². The zero-order chi connectivity index (χ0) is 13.1. The van der Waals surface area contributed by atoms with Crippen molar-refractivity contribution >= 4 is 0 Å². The average molecular weight is 240 g/mol. The molecule has 0 radical (unpaired) electrons. The van der Waals surface area contributed by atoms with Gasteiger partial charge in [0.25, 0.3) is 0 Å². The highest BCUT2D eigenvalue weighted by Gasteiger charge is 2.13. The van der Waals surface area contributed by atoms with Gasteiger partial charge in [0, 0.05) is 17.6 Å². The Labute approximate surface area is 102 Å². The first-order chi connectivity index (χ1) is 7.78. The molecule has 17 heavy (non-hydrogen) atoms. The van der Waals surface area contributed by atoms with Crippen LogP contribution < -0.4 is 10.1 Å². The highest BCUT2D eigenvalue weighted by Crippen LogP contribution is 2.18. The summed E-state index contributed by atoms with van der Waals surface area (Å²) < 4.78 is 18.7. The number of aromatic nitrogens is 1. The minimum Gasteiger partial charge on any atom is -0.475 e. The number of halogens is 1. The lowest BCUT2D eigenvalue weighted by Crippen LogP contribution is -2.35. The molecular formula is C13H21FN2O. The third kappa shape index (κ3) is 5.13. The van der Waals surface area contributed by atoms with Crippen LogP contribution in [0.4, 0.5) is 4.39 Å². The van der Waals surface area contributed by atoms with Crippen LogP contribution in [0.15, 0.2) is 12.3 Å². The summed E-state index contributed by atoms with van der Waals surface area (Å²) in [5.74, 6) is 0.157. The average Bonchev–Trinajstić information content (AvgIpc) is 2.16. The predicted octanol–water partition coefficient (Wildman–Crippen LogP) is 2.90. The van der Waals surface area contributed by atoms with Gasteiger partial charge in [0.1, 0.15) is 5.82 Å². The van der Waals surface area contributed by atoms with Crippen molar-refractivity contribution in [2.75, 3.05) is 0 Å². The number of ether oxygens (including phenoxy) is 1. The van der Waals surface area contributed by atoms with Crippen LogP contribution in [0, 0.1) is 5.82 Å². The second kappa shape index (κ2) is 5.45. The fourth-order valence-electron chi connectivity index (χ4n) is 1.29. The predicted molar refractivity (Wildman–Crippen MR) is 66.6 cm³/mol. The number of pyridine rings is 1. The highest BCUT2D eigenvalue weighted by molar-refractivity contribution is 5.26. The van der Waals surface area contributed by atoms with Crippen LogP contribution in [-0.2, 0) is 6.54 Å². The van der Waals surface area contributed by atoms with Gasteiger partial charge in [0.05, 0.1) is 12.3 Å². The van der Waals surface area contributed by atoms with Crippen molar-refractivity contribution < 1.29 is 9.13 Å². The van der Waals surface area contributed by atoms with E-state index in [9.17, 15) is 4.39 Å². The maximum Gasteiger partial charge on any atom is 0.218 e. The molecular weight excluding hydrogens is 219 g/mol. The molecule has 96 valence electrons. The molecule has 0 saturated heterocycles. The zero-order valence-corrected chi connectivity index (χ0v) is 11.2. The molecule has 0 aliphatic carbocycles. The second-order valence-electron chi connectivity index (χ2n) is 5.39. The molecule has 3 nitrogen and oxygen atoms in total. The third-order valence-corrected chi connectivity index (χ3v) is 2.05. The second-order valence-corrected chi connectivity index (χ2v) is 5.39. The summed E-state index contributed by atoms with van der Waals surface area (Å²) in [6.07, 6.45) is 1.21. The smallest absolute Gasteiger partial charge is 0.218 e. The molecule has 1 aromatic heterocycles. The largest absolute Gasteiger partial charge is 0.475 e. The molecule has 0 spiro atoms. The van der Waals surface area contributed by atoms with Gasteiger partial charge in [-0.25, -0.2) is 9.37 Å². The Morgan fingerprint density at radius 1 is 1.41 bits per heavy atom. The van der Waals surface area contributed by atoms with Gasteiger partial charge in [-0.15, -0.1) is 0 Å². The lowest BCUT2D eigenvalue weighted by molar-refractivity contribution is 0.228. The van der Waals surface area contributed by atoms with Crippen molar-refractivity contribution in [1.29, 1.82) is 0 Å². The van der Waals surface area contributed by atoms with Crippen LogP contribution in [-0.4, -0.2) is 16.6 Å². The first kappa shape index (κ1) is 13.9. The fourth-order valence-corrected chi connectivity index (χ4v) is 1.29. The molecule has 0 bridgehead atoms. The summed E-state index contributed by atoms with van der Waals surface area (Å²) in [5, 5.41) is 3.29. The normalized spacial score (nSPS) is 11.9. The van der Waals surface area contributed by atoms with Crippen LogP contribution >= 0.6 is 0 Å². The van der Waals surface area contributed by atoms with E-state index in [1.54, 1.807) is 0 Å². The van der Waals surface area contributed by atoms with Crippen molar-refractivity contribution in [3.05, 3.63) is 23.6 Å². The molecule has 1 N–H and O–H groups in total. The number of rotatable bonds is 4. The van der Waals surface area contributed by atoms with Crippen LogP contribution in [0.5, 0.6) is 5.88 Å². The van der Waals surface area contributed by atoms with Gasteiger partial charge in [0.2, 0.25) is 5.88 Å².